The van der Waals surface area contributed by atoms with Gasteiger partial charge in [0.1, 0.15) is 0 Å². The molecule has 0 aliphatic heterocycles. The molecule has 0 aliphatic carbocycles. The van der Waals surface area contributed by atoms with E-state index in [-0.39, 0.29) is 6.03 Å². The molecule has 0 aliphatic rings. The Bertz CT molecular complexity index is 764. The third-order valence-electron chi connectivity index (χ3n) is 3.76. The lowest BCUT2D eigenvalue weighted by atomic mass is 10.1. The molecule has 0 fully saturated rings. The van der Waals surface area contributed by atoms with Gasteiger partial charge in [-0.15, -0.1) is 0 Å². The predicted molar refractivity (Wildman–Crippen MR) is 90.1 cm³/mol. The van der Waals surface area contributed by atoms with E-state index in [2.05, 4.69) is 22.4 Å². The van der Waals surface area contributed by atoms with Crippen LogP contribution < -0.4 is 5.32 Å². The summed E-state index contributed by atoms with van der Waals surface area (Å²) in [5.74, 6) is 0. The van der Waals surface area contributed by atoms with Gasteiger partial charge in [0.05, 0.1) is 0 Å². The first-order chi connectivity index (χ1) is 10.7. The number of fused-ring (bicyclic) bond motifs is 1. The van der Waals surface area contributed by atoms with Gasteiger partial charge in [-0.05, 0) is 30.2 Å². The monoisotopic (exact) mass is 293 g/mol. The van der Waals surface area contributed by atoms with Gasteiger partial charge in [0.15, 0.2) is 0 Å². The van der Waals surface area contributed by atoms with Gasteiger partial charge >= 0.3 is 6.03 Å². The third kappa shape index (κ3) is 3.11. The molecule has 4 nitrogen and oxygen atoms in total. The second-order valence-corrected chi connectivity index (χ2v) is 5.33. The zero-order valence-electron chi connectivity index (χ0n) is 12.5. The van der Waals surface area contributed by atoms with E-state index in [0.29, 0.717) is 6.54 Å². The maximum Gasteiger partial charge on any atom is 0.321 e. The van der Waals surface area contributed by atoms with Gasteiger partial charge in [-0.3, -0.25) is 0 Å². The summed E-state index contributed by atoms with van der Waals surface area (Å²) in [4.78, 5) is 17.1. The fraction of sp³-hybridized carbons (Fsp3) is 0.167. The third-order valence-corrected chi connectivity index (χ3v) is 3.76. The Kier molecular flexibility index (Phi) is 4.10. The molecule has 1 heterocycles. The van der Waals surface area contributed by atoms with Crippen LogP contribution in [0.4, 0.5) is 10.5 Å². The smallest absolute Gasteiger partial charge is 0.321 e. The Morgan fingerprint density at radius 1 is 1.09 bits per heavy atom. The Morgan fingerprint density at radius 3 is 2.64 bits per heavy atom. The summed E-state index contributed by atoms with van der Waals surface area (Å²) in [5, 5.41) is 4.11. The fourth-order valence-corrected chi connectivity index (χ4v) is 2.47. The molecule has 2 amide bonds. The molecule has 0 saturated carbocycles. The van der Waals surface area contributed by atoms with Crippen LogP contribution in [-0.4, -0.2) is 29.5 Å². The van der Waals surface area contributed by atoms with Crippen LogP contribution >= 0.6 is 0 Å². The summed E-state index contributed by atoms with van der Waals surface area (Å²) in [7, 11) is 1.81. The van der Waals surface area contributed by atoms with Crippen molar-refractivity contribution >= 4 is 22.6 Å². The number of rotatable bonds is 4. The summed E-state index contributed by atoms with van der Waals surface area (Å²) >= 11 is 0. The molecule has 0 atom stereocenters. The lowest BCUT2D eigenvalue weighted by Crippen LogP contribution is -2.32. The van der Waals surface area contributed by atoms with Gasteiger partial charge in [0.25, 0.3) is 0 Å². The number of H-pyrrole nitrogens is 1. The van der Waals surface area contributed by atoms with Crippen molar-refractivity contribution < 1.29 is 4.79 Å². The highest BCUT2D eigenvalue weighted by Gasteiger charge is 2.10. The van der Waals surface area contributed by atoms with Crippen molar-refractivity contribution in [1.82, 2.24) is 9.88 Å². The number of nitrogens with one attached hydrogen (secondary N) is 2. The van der Waals surface area contributed by atoms with Crippen LogP contribution in [0.15, 0.2) is 60.8 Å². The number of aromatic amines is 1. The molecule has 22 heavy (non-hydrogen) atoms. The molecule has 1 aromatic heterocycles. The standard InChI is InChI=1S/C18H19N3O/c1-21(18(22)20-15-7-3-2-4-8-15)12-11-14-13-19-17-10-6-5-9-16(14)17/h2-10,13,19H,11-12H2,1H3,(H,20,22). The van der Waals surface area contributed by atoms with E-state index in [1.807, 2.05) is 55.7 Å². The van der Waals surface area contributed by atoms with Gasteiger partial charge in [0, 0.05) is 36.4 Å². The lowest BCUT2D eigenvalue weighted by molar-refractivity contribution is 0.223. The molecule has 112 valence electrons. The average Bonchev–Trinajstić information content (AvgIpc) is 2.97. The number of hydrogen-bond donors (Lipinski definition) is 2. The molecule has 3 rings (SSSR count). The average molecular weight is 293 g/mol. The van der Waals surface area contributed by atoms with Crippen LogP contribution in [0.25, 0.3) is 10.9 Å². The number of hydrogen-bond acceptors (Lipinski definition) is 1. The molecule has 0 spiro atoms. The van der Waals surface area contributed by atoms with Crippen LogP contribution in [0, 0.1) is 0 Å². The van der Waals surface area contributed by atoms with E-state index in [1.54, 1.807) is 4.90 Å². The Balaban J connectivity index is 1.60. The van der Waals surface area contributed by atoms with Crippen LogP contribution in [0.2, 0.25) is 0 Å². The second-order valence-electron chi connectivity index (χ2n) is 5.33. The number of carbonyl (C=O) groups is 1. The minimum atomic E-state index is -0.0916. The van der Waals surface area contributed by atoms with Gasteiger partial charge in [-0.2, -0.15) is 0 Å². The number of nitrogens with zero attached hydrogens (tertiary/aromatic N) is 1. The van der Waals surface area contributed by atoms with Gasteiger partial charge in [-0.1, -0.05) is 36.4 Å². The molecule has 0 saturated heterocycles. The van der Waals surface area contributed by atoms with Crippen LogP contribution in [0.1, 0.15) is 5.56 Å². The predicted octanol–water partition coefficient (Wildman–Crippen LogP) is 3.87. The number of benzene rings is 2. The first-order valence-corrected chi connectivity index (χ1v) is 7.36. The van der Waals surface area contributed by atoms with E-state index in [1.165, 1.54) is 10.9 Å². The van der Waals surface area contributed by atoms with Crippen molar-refractivity contribution in [3.8, 4) is 0 Å². The Morgan fingerprint density at radius 2 is 1.82 bits per heavy atom. The van der Waals surface area contributed by atoms with Gasteiger partial charge < -0.3 is 15.2 Å². The van der Waals surface area contributed by atoms with Crippen LogP contribution in [0.3, 0.4) is 0 Å². The molecule has 0 radical (unpaired) electrons. The summed E-state index contributed by atoms with van der Waals surface area (Å²) in [6, 6.07) is 17.6. The molecule has 4 heteroatoms. The van der Waals surface area contributed by atoms with Crippen LogP contribution in [0.5, 0.6) is 0 Å². The summed E-state index contributed by atoms with van der Waals surface area (Å²) in [5.41, 5.74) is 3.18. The maximum atomic E-state index is 12.1. The highest BCUT2D eigenvalue weighted by molar-refractivity contribution is 5.89. The van der Waals surface area contributed by atoms with Crippen molar-refractivity contribution in [3.63, 3.8) is 0 Å². The van der Waals surface area contributed by atoms with E-state index >= 15 is 0 Å². The summed E-state index contributed by atoms with van der Waals surface area (Å²) in [6.45, 7) is 0.667. The Labute approximate surface area is 129 Å². The first kappa shape index (κ1) is 14.2. The topological polar surface area (TPSA) is 48.1 Å². The number of carbonyl (C=O) groups excluding carboxylic acids is 1. The second kappa shape index (κ2) is 6.35. The molecule has 3 aromatic rings. The van der Waals surface area contributed by atoms with Gasteiger partial charge in [-0.25, -0.2) is 4.79 Å². The van der Waals surface area contributed by atoms with Crippen molar-refractivity contribution in [1.29, 1.82) is 0 Å². The zero-order chi connectivity index (χ0) is 15.4. The summed E-state index contributed by atoms with van der Waals surface area (Å²) < 4.78 is 0. The van der Waals surface area contributed by atoms with Crippen LogP contribution in [-0.2, 0) is 6.42 Å². The minimum Gasteiger partial charge on any atom is -0.361 e. The molecule has 0 unspecified atom stereocenters. The molecule has 0 bridgehead atoms. The Hall–Kier alpha value is -2.75. The van der Waals surface area contributed by atoms with E-state index in [4.69, 9.17) is 0 Å². The van der Waals surface area contributed by atoms with Crippen molar-refractivity contribution in [2.45, 2.75) is 6.42 Å². The minimum absolute atomic E-state index is 0.0916. The maximum absolute atomic E-state index is 12.1. The van der Waals surface area contributed by atoms with Gasteiger partial charge in [0.2, 0.25) is 0 Å². The molecular formula is C18H19N3O. The summed E-state index contributed by atoms with van der Waals surface area (Å²) in [6.07, 6.45) is 2.84. The number of likely N-dealkylation sites (N-methyl/N-ethyl adjacent to an activating group) is 1. The number of anilines is 1. The number of amides is 2. The lowest BCUT2D eigenvalue weighted by Gasteiger charge is -2.17. The molecular weight excluding hydrogens is 274 g/mol. The fourth-order valence-electron chi connectivity index (χ4n) is 2.47. The highest BCUT2D eigenvalue weighted by atomic mass is 16.2. The van der Waals surface area contributed by atoms with E-state index < -0.39 is 0 Å². The number of aromatic nitrogens is 1. The normalized spacial score (nSPS) is 10.6. The molecule has 2 N–H and O–H groups in total. The van der Waals surface area contributed by atoms with Crippen molar-refractivity contribution in [3.05, 3.63) is 66.4 Å². The van der Waals surface area contributed by atoms with Crippen molar-refractivity contribution in [2.24, 2.45) is 0 Å². The first-order valence-electron chi connectivity index (χ1n) is 7.36. The zero-order valence-corrected chi connectivity index (χ0v) is 12.5. The SMILES string of the molecule is CN(CCc1c[nH]c2ccccc12)C(=O)Nc1ccccc1. The molecule has 2 aromatic carbocycles. The largest absolute Gasteiger partial charge is 0.361 e. The number of para-hydroxylation sites is 2. The quantitative estimate of drug-likeness (QED) is 0.753. The van der Waals surface area contributed by atoms with E-state index in [9.17, 15) is 4.79 Å². The van der Waals surface area contributed by atoms with Crippen molar-refractivity contribution in [2.75, 3.05) is 18.9 Å². The highest BCUT2D eigenvalue weighted by Crippen LogP contribution is 2.18. The number of urea groups is 1. The van der Waals surface area contributed by atoms with E-state index in [0.717, 1.165) is 17.6 Å².